The molecule has 7 heteroatoms. The number of rotatable bonds is 5. The highest BCUT2D eigenvalue weighted by molar-refractivity contribution is 5.87. The largest absolute Gasteiger partial charge is 0.493 e. The van der Waals surface area contributed by atoms with Crippen molar-refractivity contribution in [3.05, 3.63) is 17.7 Å². The summed E-state index contributed by atoms with van der Waals surface area (Å²) in [6, 6.07) is 2.77. The van der Waals surface area contributed by atoms with E-state index in [1.54, 1.807) is 19.2 Å². The van der Waals surface area contributed by atoms with Gasteiger partial charge in [-0.1, -0.05) is 0 Å². The van der Waals surface area contributed by atoms with Crippen LogP contribution in [-0.2, 0) is 9.59 Å². The number of carboxylic acids is 1. The summed E-state index contributed by atoms with van der Waals surface area (Å²) < 4.78 is 15.9. The molecule has 1 saturated heterocycles. The molecule has 7 nitrogen and oxygen atoms in total. The number of methoxy groups -OCH3 is 3. The van der Waals surface area contributed by atoms with E-state index in [-0.39, 0.29) is 12.3 Å². The topological polar surface area (TPSA) is 85.3 Å². The Morgan fingerprint density at radius 2 is 1.82 bits per heavy atom. The van der Waals surface area contributed by atoms with Gasteiger partial charge in [0.2, 0.25) is 11.7 Å². The highest BCUT2D eigenvalue weighted by Gasteiger charge is 2.44. The van der Waals surface area contributed by atoms with Gasteiger partial charge < -0.3 is 24.2 Å². The highest BCUT2D eigenvalue weighted by Crippen LogP contribution is 2.47. The predicted molar refractivity (Wildman–Crippen MR) is 77.4 cm³/mol. The van der Waals surface area contributed by atoms with Gasteiger partial charge in [0, 0.05) is 19.0 Å². The lowest BCUT2D eigenvalue weighted by molar-refractivity contribution is -0.142. The summed E-state index contributed by atoms with van der Waals surface area (Å²) in [4.78, 5) is 24.8. The van der Waals surface area contributed by atoms with Crippen LogP contribution in [0.2, 0.25) is 0 Å². The minimum absolute atomic E-state index is 0.0337. The second kappa shape index (κ2) is 6.13. The molecular formula is C15H19NO6. The standard InChI is InChI=1S/C15H19NO6/c1-16-11(17)7-9(15(18)19)12(16)8-5-6-10(20-2)14(22-4)13(8)21-3/h5-6,9,12H,7H2,1-4H3,(H,18,19). The van der Waals surface area contributed by atoms with Crippen molar-refractivity contribution in [3.8, 4) is 17.2 Å². The van der Waals surface area contributed by atoms with Crippen LogP contribution < -0.4 is 14.2 Å². The molecule has 1 aliphatic rings. The van der Waals surface area contributed by atoms with Gasteiger partial charge in [-0.05, 0) is 12.1 Å². The van der Waals surface area contributed by atoms with Crippen molar-refractivity contribution < 1.29 is 28.9 Å². The van der Waals surface area contributed by atoms with Gasteiger partial charge in [0.1, 0.15) is 0 Å². The van der Waals surface area contributed by atoms with Gasteiger partial charge in [0.05, 0.1) is 33.3 Å². The lowest BCUT2D eigenvalue weighted by atomic mass is 9.92. The van der Waals surface area contributed by atoms with Gasteiger partial charge in [-0.3, -0.25) is 9.59 Å². The zero-order chi connectivity index (χ0) is 16.4. The molecule has 1 heterocycles. The molecule has 22 heavy (non-hydrogen) atoms. The monoisotopic (exact) mass is 309 g/mol. The van der Waals surface area contributed by atoms with Gasteiger partial charge in [0.25, 0.3) is 0 Å². The van der Waals surface area contributed by atoms with Crippen molar-refractivity contribution in [1.82, 2.24) is 4.90 Å². The minimum atomic E-state index is -1.01. The first-order chi connectivity index (χ1) is 10.5. The number of nitrogens with zero attached hydrogens (tertiary/aromatic N) is 1. The van der Waals surface area contributed by atoms with E-state index in [2.05, 4.69) is 0 Å². The molecule has 0 radical (unpaired) electrons. The van der Waals surface area contributed by atoms with Crippen LogP contribution in [0.5, 0.6) is 17.2 Å². The van der Waals surface area contributed by atoms with Gasteiger partial charge in [-0.15, -0.1) is 0 Å². The minimum Gasteiger partial charge on any atom is -0.493 e. The van der Waals surface area contributed by atoms with Crippen LogP contribution in [-0.4, -0.2) is 50.3 Å². The Labute approximate surface area is 128 Å². The molecule has 1 aliphatic heterocycles. The first-order valence-electron chi connectivity index (χ1n) is 6.73. The molecule has 0 aromatic heterocycles. The number of likely N-dealkylation sites (tertiary alicyclic amines) is 1. The molecular weight excluding hydrogens is 290 g/mol. The number of carboxylic acid groups (broad SMARTS) is 1. The Balaban J connectivity index is 2.60. The van der Waals surface area contributed by atoms with Gasteiger partial charge >= 0.3 is 5.97 Å². The molecule has 1 aromatic rings. The normalized spacial score (nSPS) is 20.9. The maximum atomic E-state index is 11.9. The number of ether oxygens (including phenoxy) is 3. The van der Waals surface area contributed by atoms with Crippen LogP contribution >= 0.6 is 0 Å². The number of carbonyl (C=O) groups excluding carboxylic acids is 1. The Kier molecular flexibility index (Phi) is 4.44. The van der Waals surface area contributed by atoms with E-state index >= 15 is 0 Å². The Bertz CT molecular complexity index is 600. The van der Waals surface area contributed by atoms with Crippen molar-refractivity contribution >= 4 is 11.9 Å². The predicted octanol–water partition coefficient (Wildman–Crippen LogP) is 1.32. The van der Waals surface area contributed by atoms with Gasteiger partial charge in [-0.2, -0.15) is 0 Å². The second-order valence-electron chi connectivity index (χ2n) is 5.02. The van der Waals surface area contributed by atoms with E-state index in [0.29, 0.717) is 22.8 Å². The summed E-state index contributed by atoms with van der Waals surface area (Å²) >= 11 is 0. The smallest absolute Gasteiger partial charge is 0.309 e. The first-order valence-corrected chi connectivity index (χ1v) is 6.73. The summed E-state index contributed by atoms with van der Waals surface area (Å²) in [5.41, 5.74) is 0.584. The van der Waals surface area contributed by atoms with E-state index in [0.717, 1.165) is 0 Å². The molecule has 0 bridgehead atoms. The molecule has 0 spiro atoms. The average Bonchev–Trinajstić information content (AvgIpc) is 2.81. The molecule has 1 fully saturated rings. The Morgan fingerprint density at radius 1 is 1.18 bits per heavy atom. The fourth-order valence-electron chi connectivity index (χ4n) is 2.87. The highest BCUT2D eigenvalue weighted by atomic mass is 16.5. The molecule has 1 aromatic carbocycles. The van der Waals surface area contributed by atoms with Gasteiger partial charge in [-0.25, -0.2) is 0 Å². The SMILES string of the molecule is COc1ccc(C2C(C(=O)O)CC(=O)N2C)c(OC)c1OC. The molecule has 1 N–H and O–H groups in total. The van der Waals surface area contributed by atoms with Crippen LogP contribution in [0.1, 0.15) is 18.0 Å². The van der Waals surface area contributed by atoms with Crippen molar-refractivity contribution in [2.75, 3.05) is 28.4 Å². The van der Waals surface area contributed by atoms with E-state index < -0.39 is 17.9 Å². The van der Waals surface area contributed by atoms with E-state index in [9.17, 15) is 14.7 Å². The molecule has 120 valence electrons. The maximum Gasteiger partial charge on any atom is 0.309 e. The Morgan fingerprint density at radius 3 is 2.32 bits per heavy atom. The number of hydrogen-bond acceptors (Lipinski definition) is 5. The molecule has 2 rings (SSSR count). The molecule has 0 aliphatic carbocycles. The summed E-state index contributed by atoms with van der Waals surface area (Å²) in [5.74, 6) is -0.834. The van der Waals surface area contributed by atoms with E-state index in [4.69, 9.17) is 14.2 Å². The van der Waals surface area contributed by atoms with Crippen molar-refractivity contribution in [2.24, 2.45) is 5.92 Å². The number of amides is 1. The third-order valence-corrected chi connectivity index (χ3v) is 3.96. The van der Waals surface area contributed by atoms with Crippen LogP contribution in [0.3, 0.4) is 0 Å². The number of hydrogen-bond donors (Lipinski definition) is 1. The lowest BCUT2D eigenvalue weighted by Crippen LogP contribution is -2.27. The van der Waals surface area contributed by atoms with Crippen molar-refractivity contribution in [3.63, 3.8) is 0 Å². The fraction of sp³-hybridized carbons (Fsp3) is 0.467. The van der Waals surface area contributed by atoms with Crippen molar-refractivity contribution in [2.45, 2.75) is 12.5 Å². The molecule has 2 unspecified atom stereocenters. The lowest BCUT2D eigenvalue weighted by Gasteiger charge is -2.26. The third-order valence-electron chi connectivity index (χ3n) is 3.96. The maximum absolute atomic E-state index is 11.9. The number of carbonyl (C=O) groups is 2. The zero-order valence-electron chi connectivity index (χ0n) is 13.0. The first kappa shape index (κ1) is 15.9. The zero-order valence-corrected chi connectivity index (χ0v) is 13.0. The fourth-order valence-corrected chi connectivity index (χ4v) is 2.87. The number of aliphatic carboxylic acids is 1. The van der Waals surface area contributed by atoms with E-state index in [1.165, 1.54) is 26.2 Å². The van der Waals surface area contributed by atoms with Crippen LogP contribution in [0.15, 0.2) is 12.1 Å². The summed E-state index contributed by atoms with van der Waals surface area (Å²) in [7, 11) is 6.03. The quantitative estimate of drug-likeness (QED) is 0.883. The Hall–Kier alpha value is -2.44. The van der Waals surface area contributed by atoms with E-state index in [1.807, 2.05) is 0 Å². The average molecular weight is 309 g/mol. The van der Waals surface area contributed by atoms with Crippen LogP contribution in [0.25, 0.3) is 0 Å². The van der Waals surface area contributed by atoms with Crippen LogP contribution in [0.4, 0.5) is 0 Å². The van der Waals surface area contributed by atoms with Crippen LogP contribution in [0, 0.1) is 5.92 Å². The number of benzene rings is 1. The third kappa shape index (κ3) is 2.43. The van der Waals surface area contributed by atoms with Crippen molar-refractivity contribution in [1.29, 1.82) is 0 Å². The summed E-state index contributed by atoms with van der Waals surface area (Å²) in [6.45, 7) is 0. The second-order valence-corrected chi connectivity index (χ2v) is 5.02. The molecule has 2 atom stereocenters. The summed E-state index contributed by atoms with van der Waals surface area (Å²) in [6.07, 6.45) is -0.0337. The summed E-state index contributed by atoms with van der Waals surface area (Å²) in [5, 5.41) is 9.40. The molecule has 1 amide bonds. The van der Waals surface area contributed by atoms with Gasteiger partial charge in [0.15, 0.2) is 11.5 Å². The molecule has 0 saturated carbocycles.